The first kappa shape index (κ1) is 17.5. The van der Waals surface area contributed by atoms with Gasteiger partial charge in [0.1, 0.15) is 0 Å². The van der Waals surface area contributed by atoms with E-state index in [9.17, 15) is 9.32 Å². The van der Waals surface area contributed by atoms with Crippen molar-refractivity contribution in [1.29, 1.82) is 0 Å². The quantitative estimate of drug-likeness (QED) is 0.415. The molecule has 0 aliphatic heterocycles. The molecule has 96 valence electrons. The molecular formula is C12H25FNO2+. The summed E-state index contributed by atoms with van der Waals surface area (Å²) in [5.41, 5.74) is 0. The molecule has 0 rings (SSSR count). The van der Waals surface area contributed by atoms with Gasteiger partial charge in [0.15, 0.2) is 0 Å². The van der Waals surface area contributed by atoms with Gasteiger partial charge >= 0.3 is 5.97 Å². The summed E-state index contributed by atoms with van der Waals surface area (Å²) in [7, 11) is 8.50. The smallest absolute Gasteiger partial charge is 0.333 e. The molecule has 0 aromatic rings. The fourth-order valence-electron chi connectivity index (χ4n) is 0.717. The monoisotopic (exact) mass is 234 g/mol. The molecule has 0 amide bonds. The van der Waals surface area contributed by atoms with Crippen molar-refractivity contribution in [2.75, 3.05) is 28.2 Å². The van der Waals surface area contributed by atoms with Crippen LogP contribution in [0.2, 0.25) is 0 Å². The van der Waals surface area contributed by atoms with Gasteiger partial charge in [0, 0.05) is 10.6 Å². The van der Waals surface area contributed by atoms with Gasteiger partial charge in [-0.1, -0.05) is 25.8 Å². The molecule has 0 aromatic heterocycles. The minimum absolute atomic E-state index is 0.808. The van der Waals surface area contributed by atoms with E-state index in [4.69, 9.17) is 0 Å². The van der Waals surface area contributed by atoms with Crippen molar-refractivity contribution in [3.8, 4) is 0 Å². The molecule has 0 fully saturated rings. The zero-order chi connectivity index (χ0) is 13.0. The van der Waals surface area contributed by atoms with E-state index < -0.39 is 5.97 Å². The Morgan fingerprint density at radius 1 is 1.25 bits per heavy atom. The summed E-state index contributed by atoms with van der Waals surface area (Å²) in [5, 5.41) is 0. The summed E-state index contributed by atoms with van der Waals surface area (Å²) in [4.78, 5) is 13.1. The highest BCUT2D eigenvalue weighted by Gasteiger charge is 1.92. The van der Waals surface area contributed by atoms with Gasteiger partial charge in [-0.3, -0.25) is 4.94 Å². The van der Waals surface area contributed by atoms with Crippen molar-refractivity contribution in [1.82, 2.24) is 0 Å². The van der Waals surface area contributed by atoms with Crippen molar-refractivity contribution in [3.05, 3.63) is 12.2 Å². The third-order valence-electron chi connectivity index (χ3n) is 1.30. The molecule has 0 N–H and O–H groups in total. The van der Waals surface area contributed by atoms with E-state index in [0.29, 0.717) is 0 Å². The lowest BCUT2D eigenvalue weighted by Crippen LogP contribution is -2.27. The van der Waals surface area contributed by atoms with E-state index in [-0.39, 0.29) is 0 Å². The summed E-state index contributed by atoms with van der Waals surface area (Å²) >= 11 is 0. The second kappa shape index (κ2) is 10.6. The Kier molecular flexibility index (Phi) is 11.6. The van der Waals surface area contributed by atoms with Crippen molar-refractivity contribution in [3.63, 3.8) is 0 Å². The molecule has 0 saturated carbocycles. The molecule has 0 atom stereocenters. The highest BCUT2D eigenvalue weighted by atomic mass is 19.3. The number of halogens is 1. The molecular weight excluding hydrogens is 209 g/mol. The van der Waals surface area contributed by atoms with Crippen LogP contribution in [-0.2, 0) is 9.74 Å². The zero-order valence-electron chi connectivity index (χ0n) is 11.1. The molecule has 16 heavy (non-hydrogen) atoms. The SMILES string of the molecule is CCCCCC=CC(=O)OF.C[N+](C)(C)C. The summed E-state index contributed by atoms with van der Waals surface area (Å²) in [6.45, 7) is 2.10. The number of rotatable bonds is 5. The summed E-state index contributed by atoms with van der Waals surface area (Å²) in [5.74, 6) is -0.929. The molecule has 0 aromatic carbocycles. The van der Waals surface area contributed by atoms with Crippen LogP contribution >= 0.6 is 0 Å². The maximum absolute atomic E-state index is 11.1. The fourth-order valence-corrected chi connectivity index (χ4v) is 0.717. The largest absolute Gasteiger partial charge is 0.372 e. The van der Waals surface area contributed by atoms with Gasteiger partial charge in [-0.15, -0.1) is 0 Å². The highest BCUT2D eigenvalue weighted by Crippen LogP contribution is 1.99. The maximum Gasteiger partial charge on any atom is 0.372 e. The van der Waals surface area contributed by atoms with Crippen molar-refractivity contribution >= 4 is 5.97 Å². The van der Waals surface area contributed by atoms with Crippen LogP contribution in [0.5, 0.6) is 0 Å². The third-order valence-corrected chi connectivity index (χ3v) is 1.30. The number of unbranched alkanes of at least 4 members (excludes halogenated alkanes) is 3. The fraction of sp³-hybridized carbons (Fsp3) is 0.750. The number of nitrogens with zero attached hydrogens (tertiary/aromatic N) is 1. The van der Waals surface area contributed by atoms with Crippen molar-refractivity contribution in [2.24, 2.45) is 0 Å². The Morgan fingerprint density at radius 3 is 2.12 bits per heavy atom. The van der Waals surface area contributed by atoms with Crippen LogP contribution < -0.4 is 0 Å². The van der Waals surface area contributed by atoms with Gasteiger partial charge in [0.2, 0.25) is 0 Å². The average molecular weight is 234 g/mol. The lowest BCUT2D eigenvalue weighted by Gasteiger charge is -2.14. The normalized spacial score (nSPS) is 10.9. The minimum atomic E-state index is -0.929. The number of hydrogen-bond donors (Lipinski definition) is 0. The van der Waals surface area contributed by atoms with Gasteiger partial charge in [-0.05, 0) is 12.8 Å². The molecule has 0 saturated heterocycles. The Hall–Kier alpha value is -0.900. The first-order valence-corrected chi connectivity index (χ1v) is 5.59. The lowest BCUT2D eigenvalue weighted by molar-refractivity contribution is -0.849. The Bertz CT molecular complexity index is 192. The van der Waals surface area contributed by atoms with Crippen molar-refractivity contribution < 1.29 is 18.7 Å². The number of hydrogen-bond acceptors (Lipinski definition) is 2. The van der Waals surface area contributed by atoms with Crippen LogP contribution in [0.1, 0.15) is 32.6 Å². The van der Waals surface area contributed by atoms with Gasteiger partial charge in [0.05, 0.1) is 28.2 Å². The first-order chi connectivity index (χ1) is 7.31. The van der Waals surface area contributed by atoms with Crippen LogP contribution in [0, 0.1) is 0 Å². The molecule has 4 heteroatoms. The van der Waals surface area contributed by atoms with Crippen molar-refractivity contribution in [2.45, 2.75) is 32.6 Å². The Labute approximate surface area is 98.4 Å². The second-order valence-electron chi connectivity index (χ2n) is 4.98. The van der Waals surface area contributed by atoms with Crippen LogP contribution in [0.4, 0.5) is 4.53 Å². The average Bonchev–Trinajstić information content (AvgIpc) is 2.14. The van der Waals surface area contributed by atoms with Crippen LogP contribution in [-0.4, -0.2) is 38.6 Å². The topological polar surface area (TPSA) is 26.3 Å². The molecule has 0 bridgehead atoms. The van der Waals surface area contributed by atoms with E-state index >= 15 is 0 Å². The number of allylic oxidation sites excluding steroid dienone is 1. The standard InChI is InChI=1S/C8H13FO2.C4H12N/c1-2-3-4-5-6-7-8(10)11-9;1-5(2,3)4/h6-7H,2-5H2,1H3;1-4H3/q;+1. The van der Waals surface area contributed by atoms with Gasteiger partial charge in [-0.2, -0.15) is 0 Å². The summed E-state index contributed by atoms with van der Waals surface area (Å²) in [6.07, 6.45) is 6.85. The van der Waals surface area contributed by atoms with E-state index in [1.807, 2.05) is 0 Å². The summed E-state index contributed by atoms with van der Waals surface area (Å²) in [6, 6.07) is 0. The third kappa shape index (κ3) is 29.2. The zero-order valence-corrected chi connectivity index (χ0v) is 11.1. The molecule has 0 radical (unpaired) electrons. The van der Waals surface area contributed by atoms with Gasteiger partial charge < -0.3 is 4.48 Å². The molecule has 0 heterocycles. The predicted molar refractivity (Wildman–Crippen MR) is 64.4 cm³/mol. The highest BCUT2D eigenvalue weighted by molar-refractivity contribution is 5.81. The number of quaternary nitrogens is 1. The lowest BCUT2D eigenvalue weighted by atomic mass is 10.2. The Morgan fingerprint density at radius 2 is 1.75 bits per heavy atom. The van der Waals surface area contributed by atoms with Gasteiger partial charge in [-0.25, -0.2) is 4.79 Å². The molecule has 0 spiro atoms. The molecule has 0 aliphatic rings. The van der Waals surface area contributed by atoms with Crippen LogP contribution in [0.25, 0.3) is 0 Å². The molecule has 3 nitrogen and oxygen atoms in total. The van der Waals surface area contributed by atoms with Crippen LogP contribution in [0.15, 0.2) is 12.2 Å². The van der Waals surface area contributed by atoms with E-state index in [2.05, 4.69) is 40.1 Å². The van der Waals surface area contributed by atoms with E-state index in [1.54, 1.807) is 6.08 Å². The predicted octanol–water partition coefficient (Wildman–Crippen LogP) is 2.87. The maximum atomic E-state index is 11.1. The first-order valence-electron chi connectivity index (χ1n) is 5.59. The molecule has 0 unspecified atom stereocenters. The van der Waals surface area contributed by atoms with E-state index in [0.717, 1.165) is 36.2 Å². The summed E-state index contributed by atoms with van der Waals surface area (Å²) < 4.78 is 12.1. The van der Waals surface area contributed by atoms with E-state index in [1.165, 1.54) is 0 Å². The minimum Gasteiger partial charge on any atom is -0.333 e. The molecule has 0 aliphatic carbocycles. The second-order valence-corrected chi connectivity index (χ2v) is 4.98. The Balaban J connectivity index is 0. The van der Waals surface area contributed by atoms with Crippen LogP contribution in [0.3, 0.4) is 0 Å². The number of carbonyl (C=O) groups is 1. The van der Waals surface area contributed by atoms with Gasteiger partial charge in [0.25, 0.3) is 0 Å². The number of carbonyl (C=O) groups excluding carboxylic acids is 1.